The molecule has 2 aromatic heterocycles. The first-order valence-electron chi connectivity index (χ1n) is 7.47. The van der Waals surface area contributed by atoms with Crippen LogP contribution in [0.5, 0.6) is 0 Å². The minimum absolute atomic E-state index is 0.0306. The molecule has 112 valence electrons. The fourth-order valence-corrected chi connectivity index (χ4v) is 2.93. The van der Waals surface area contributed by atoms with Gasteiger partial charge >= 0.3 is 0 Å². The van der Waals surface area contributed by atoms with E-state index in [-0.39, 0.29) is 12.0 Å². The van der Waals surface area contributed by atoms with Crippen molar-refractivity contribution in [1.29, 1.82) is 0 Å². The van der Waals surface area contributed by atoms with E-state index < -0.39 is 0 Å². The zero-order valence-corrected chi connectivity index (χ0v) is 12.1. The topological polar surface area (TPSA) is 75.9 Å². The number of aromatic nitrogens is 4. The summed E-state index contributed by atoms with van der Waals surface area (Å²) in [5.74, 6) is 0.743. The Morgan fingerprint density at radius 1 is 1.24 bits per heavy atom. The average Bonchev–Trinajstić information content (AvgIpc) is 3.09. The van der Waals surface area contributed by atoms with Crippen molar-refractivity contribution in [1.82, 2.24) is 19.7 Å². The Hall–Kier alpha value is -1.95. The Morgan fingerprint density at radius 2 is 2.10 bits per heavy atom. The van der Waals surface area contributed by atoms with E-state index in [9.17, 15) is 5.11 Å². The summed E-state index contributed by atoms with van der Waals surface area (Å²) < 4.78 is 1.63. The lowest BCUT2D eigenvalue weighted by molar-refractivity contribution is 0.0944. The molecule has 0 atom stereocenters. The summed E-state index contributed by atoms with van der Waals surface area (Å²) in [6.45, 7) is 1.05. The van der Waals surface area contributed by atoms with Gasteiger partial charge in [0.15, 0.2) is 5.82 Å². The number of hydrogen-bond donors (Lipinski definition) is 2. The van der Waals surface area contributed by atoms with Crippen molar-refractivity contribution in [3.8, 4) is 5.82 Å². The summed E-state index contributed by atoms with van der Waals surface area (Å²) >= 11 is 0. The van der Waals surface area contributed by atoms with Crippen LogP contribution in [0.2, 0.25) is 0 Å². The number of pyridine rings is 1. The summed E-state index contributed by atoms with van der Waals surface area (Å²) in [6.07, 6.45) is 10.8. The summed E-state index contributed by atoms with van der Waals surface area (Å²) in [6, 6.07) is 3.89. The second kappa shape index (κ2) is 6.22. The molecule has 1 saturated carbocycles. The van der Waals surface area contributed by atoms with Crippen molar-refractivity contribution < 1.29 is 5.11 Å². The number of rotatable bonds is 5. The minimum Gasteiger partial charge on any atom is -0.396 e. The van der Waals surface area contributed by atoms with E-state index in [0.717, 1.165) is 30.9 Å². The van der Waals surface area contributed by atoms with Gasteiger partial charge in [-0.15, -0.1) is 0 Å². The summed E-state index contributed by atoms with van der Waals surface area (Å²) in [5.41, 5.74) is 1.00. The molecular formula is C15H21N5O. The molecule has 1 fully saturated rings. The predicted octanol–water partition coefficient (Wildman–Crippen LogP) is 2.02. The molecule has 6 nitrogen and oxygen atoms in total. The number of anilines is 1. The Morgan fingerprint density at radius 3 is 2.71 bits per heavy atom. The summed E-state index contributed by atoms with van der Waals surface area (Å²) in [4.78, 5) is 8.28. The first kappa shape index (κ1) is 14.0. The highest BCUT2D eigenvalue weighted by Crippen LogP contribution is 2.35. The van der Waals surface area contributed by atoms with Crippen molar-refractivity contribution in [3.05, 3.63) is 31.0 Å². The number of hydrogen-bond acceptors (Lipinski definition) is 5. The van der Waals surface area contributed by atoms with Gasteiger partial charge in [0.05, 0.1) is 18.5 Å². The third-order valence-electron chi connectivity index (χ3n) is 4.32. The van der Waals surface area contributed by atoms with Gasteiger partial charge in [-0.3, -0.25) is 0 Å². The van der Waals surface area contributed by atoms with Gasteiger partial charge in [0.2, 0.25) is 0 Å². The lowest BCUT2D eigenvalue weighted by Gasteiger charge is -2.36. The average molecular weight is 287 g/mol. The molecule has 0 spiro atoms. The van der Waals surface area contributed by atoms with Crippen LogP contribution in [-0.2, 0) is 0 Å². The molecule has 21 heavy (non-hydrogen) atoms. The molecular weight excluding hydrogens is 266 g/mol. The maximum atomic E-state index is 9.71. The minimum atomic E-state index is 0.0306. The van der Waals surface area contributed by atoms with E-state index in [2.05, 4.69) is 20.4 Å². The van der Waals surface area contributed by atoms with Gasteiger partial charge in [-0.05, 0) is 25.0 Å². The molecule has 2 N–H and O–H groups in total. The normalized spacial score (nSPS) is 17.6. The third-order valence-corrected chi connectivity index (χ3v) is 4.32. The lowest BCUT2D eigenvalue weighted by atomic mass is 9.74. The standard InChI is InChI=1S/C15H21N5O/c21-10-15(6-2-1-3-7-15)9-18-13-4-5-14(17-8-13)20-12-16-11-19-20/h4-5,8,11-12,18,21H,1-3,6-7,9-10H2. The first-order valence-corrected chi connectivity index (χ1v) is 7.47. The van der Waals surface area contributed by atoms with E-state index in [1.165, 1.54) is 25.6 Å². The van der Waals surface area contributed by atoms with Crippen molar-refractivity contribution >= 4 is 5.69 Å². The van der Waals surface area contributed by atoms with Gasteiger partial charge in [-0.1, -0.05) is 19.3 Å². The second-order valence-corrected chi connectivity index (χ2v) is 5.82. The molecule has 0 unspecified atom stereocenters. The molecule has 2 heterocycles. The molecule has 0 saturated heterocycles. The van der Waals surface area contributed by atoms with Crippen LogP contribution in [0.1, 0.15) is 32.1 Å². The van der Waals surface area contributed by atoms with Gasteiger partial charge in [-0.2, -0.15) is 5.10 Å². The molecule has 3 rings (SSSR count). The number of nitrogens with one attached hydrogen (secondary N) is 1. The molecule has 6 heteroatoms. The van der Waals surface area contributed by atoms with Crippen LogP contribution in [-0.4, -0.2) is 38.0 Å². The second-order valence-electron chi connectivity index (χ2n) is 5.82. The highest BCUT2D eigenvalue weighted by atomic mass is 16.3. The number of aliphatic hydroxyl groups excluding tert-OH is 1. The van der Waals surface area contributed by atoms with Crippen molar-refractivity contribution in [2.24, 2.45) is 5.41 Å². The molecule has 0 amide bonds. The quantitative estimate of drug-likeness (QED) is 0.880. The van der Waals surface area contributed by atoms with E-state index in [1.54, 1.807) is 17.2 Å². The Balaban J connectivity index is 1.62. The summed E-state index contributed by atoms with van der Waals surface area (Å²) in [7, 11) is 0. The summed E-state index contributed by atoms with van der Waals surface area (Å²) in [5, 5.41) is 17.2. The van der Waals surface area contributed by atoms with Crippen LogP contribution in [0.3, 0.4) is 0 Å². The first-order chi connectivity index (χ1) is 10.3. The Bertz CT molecular complexity index is 546. The van der Waals surface area contributed by atoms with Gasteiger partial charge < -0.3 is 10.4 Å². The molecule has 1 aliphatic rings. The van der Waals surface area contributed by atoms with Crippen molar-refractivity contribution in [3.63, 3.8) is 0 Å². The zero-order chi connectivity index (χ0) is 14.5. The molecule has 2 aromatic rings. The van der Waals surface area contributed by atoms with Crippen molar-refractivity contribution in [2.45, 2.75) is 32.1 Å². The number of aliphatic hydroxyl groups is 1. The molecule has 0 aliphatic heterocycles. The maximum Gasteiger partial charge on any atom is 0.155 e. The highest BCUT2D eigenvalue weighted by molar-refractivity contribution is 5.43. The maximum absolute atomic E-state index is 9.71. The van der Waals surface area contributed by atoms with E-state index >= 15 is 0 Å². The highest BCUT2D eigenvalue weighted by Gasteiger charge is 2.31. The van der Waals surface area contributed by atoms with Crippen molar-refractivity contribution in [2.75, 3.05) is 18.5 Å². The van der Waals surface area contributed by atoms with Crippen LogP contribution in [0, 0.1) is 5.41 Å². The SMILES string of the molecule is OCC1(CNc2ccc(-n3cncn3)nc2)CCCCC1. The van der Waals surface area contributed by atoms with Crippen LogP contribution >= 0.6 is 0 Å². The van der Waals surface area contributed by atoms with Gasteiger partial charge in [0, 0.05) is 12.0 Å². The lowest BCUT2D eigenvalue weighted by Crippen LogP contribution is -2.35. The van der Waals surface area contributed by atoms with E-state index in [4.69, 9.17) is 0 Å². The van der Waals surface area contributed by atoms with Gasteiger partial charge in [0.1, 0.15) is 12.7 Å². The van der Waals surface area contributed by atoms with Crippen LogP contribution in [0.15, 0.2) is 31.0 Å². The fourth-order valence-electron chi connectivity index (χ4n) is 2.93. The molecule has 0 radical (unpaired) electrons. The third kappa shape index (κ3) is 3.21. The Kier molecular flexibility index (Phi) is 4.15. The number of nitrogens with zero attached hydrogens (tertiary/aromatic N) is 4. The zero-order valence-electron chi connectivity index (χ0n) is 12.1. The van der Waals surface area contributed by atoms with Crippen LogP contribution in [0.4, 0.5) is 5.69 Å². The van der Waals surface area contributed by atoms with Crippen LogP contribution < -0.4 is 5.32 Å². The van der Waals surface area contributed by atoms with Gasteiger partial charge in [0.25, 0.3) is 0 Å². The monoisotopic (exact) mass is 287 g/mol. The Labute approximate surface area is 124 Å². The van der Waals surface area contributed by atoms with E-state index in [1.807, 2.05) is 12.1 Å². The predicted molar refractivity (Wildman–Crippen MR) is 80.2 cm³/mol. The molecule has 1 aliphatic carbocycles. The van der Waals surface area contributed by atoms with Gasteiger partial charge in [-0.25, -0.2) is 14.6 Å². The smallest absolute Gasteiger partial charge is 0.155 e. The fraction of sp³-hybridized carbons (Fsp3) is 0.533. The molecule has 0 bridgehead atoms. The van der Waals surface area contributed by atoms with Crippen LogP contribution in [0.25, 0.3) is 5.82 Å². The largest absolute Gasteiger partial charge is 0.396 e. The molecule has 0 aromatic carbocycles. The van der Waals surface area contributed by atoms with E-state index in [0.29, 0.717) is 0 Å².